The van der Waals surface area contributed by atoms with Crippen molar-refractivity contribution in [2.75, 3.05) is 13.2 Å². The van der Waals surface area contributed by atoms with E-state index in [0.717, 1.165) is 23.4 Å². The van der Waals surface area contributed by atoms with Crippen molar-refractivity contribution >= 4 is 11.0 Å². The molecule has 1 heterocycles. The Morgan fingerprint density at radius 3 is 2.78 bits per heavy atom. The maximum Gasteiger partial charge on any atom is 0.106 e. The highest BCUT2D eigenvalue weighted by atomic mass is 16.3. The number of hydrogen-bond acceptors (Lipinski definition) is 3. The Kier molecular flexibility index (Phi) is 3.68. The van der Waals surface area contributed by atoms with Gasteiger partial charge in [0.05, 0.1) is 23.2 Å². The Labute approximate surface area is 108 Å². The second-order valence-corrected chi connectivity index (χ2v) is 4.98. The Bertz CT molecular complexity index is 535. The molecule has 0 bridgehead atoms. The molecule has 0 amide bonds. The molecule has 18 heavy (non-hydrogen) atoms. The van der Waals surface area contributed by atoms with E-state index in [-0.39, 0.29) is 12.1 Å². The van der Waals surface area contributed by atoms with Crippen molar-refractivity contribution in [1.82, 2.24) is 14.9 Å². The van der Waals surface area contributed by atoms with Crippen molar-refractivity contribution in [3.8, 4) is 0 Å². The van der Waals surface area contributed by atoms with Crippen molar-refractivity contribution in [2.45, 2.75) is 32.9 Å². The Morgan fingerprint density at radius 1 is 1.39 bits per heavy atom. The van der Waals surface area contributed by atoms with E-state index in [2.05, 4.69) is 20.9 Å². The van der Waals surface area contributed by atoms with Crippen LogP contribution in [-0.4, -0.2) is 33.3 Å². The first-order valence-corrected chi connectivity index (χ1v) is 6.37. The minimum atomic E-state index is -0.316. The Hall–Kier alpha value is -1.39. The van der Waals surface area contributed by atoms with E-state index >= 15 is 0 Å². The molecular formula is C14H21N3O. The van der Waals surface area contributed by atoms with Gasteiger partial charge in [0.1, 0.15) is 5.82 Å². The average Bonchev–Trinajstić information content (AvgIpc) is 2.66. The van der Waals surface area contributed by atoms with E-state index in [1.165, 1.54) is 0 Å². The van der Waals surface area contributed by atoms with Crippen LogP contribution in [-0.2, 0) is 6.54 Å². The van der Waals surface area contributed by atoms with Crippen molar-refractivity contribution < 1.29 is 5.11 Å². The first kappa shape index (κ1) is 13.1. The predicted octanol–water partition coefficient (Wildman–Crippen LogP) is 1.71. The Balaban J connectivity index is 2.39. The molecular weight excluding hydrogens is 226 g/mol. The fraction of sp³-hybridized carbons (Fsp3) is 0.500. The Morgan fingerprint density at radius 2 is 2.11 bits per heavy atom. The molecule has 1 aromatic heterocycles. The zero-order valence-electron chi connectivity index (χ0n) is 11.3. The fourth-order valence-electron chi connectivity index (χ4n) is 2.33. The molecule has 0 aliphatic rings. The average molecular weight is 247 g/mol. The minimum Gasteiger partial charge on any atom is -0.394 e. The van der Waals surface area contributed by atoms with Gasteiger partial charge in [-0.1, -0.05) is 19.1 Å². The maximum atomic E-state index is 9.58. The number of fused-ring (bicyclic) bond motifs is 1. The summed E-state index contributed by atoms with van der Waals surface area (Å²) in [5.74, 6) is 0.980. The van der Waals surface area contributed by atoms with Crippen LogP contribution >= 0.6 is 0 Å². The number of aryl methyl sites for hydroxylation is 1. The molecule has 0 aliphatic carbocycles. The fourth-order valence-corrected chi connectivity index (χ4v) is 2.33. The van der Waals surface area contributed by atoms with Gasteiger partial charge >= 0.3 is 0 Å². The number of aliphatic hydroxyl groups is 1. The topological polar surface area (TPSA) is 50.1 Å². The van der Waals surface area contributed by atoms with Gasteiger partial charge < -0.3 is 15.0 Å². The van der Waals surface area contributed by atoms with Gasteiger partial charge in [-0.2, -0.15) is 0 Å². The molecule has 0 radical (unpaired) electrons. The molecule has 1 unspecified atom stereocenters. The second-order valence-electron chi connectivity index (χ2n) is 4.98. The number of nitrogens with zero attached hydrogens (tertiary/aromatic N) is 2. The monoisotopic (exact) mass is 247 g/mol. The van der Waals surface area contributed by atoms with Gasteiger partial charge in [0.25, 0.3) is 0 Å². The van der Waals surface area contributed by atoms with Crippen LogP contribution < -0.4 is 5.32 Å². The summed E-state index contributed by atoms with van der Waals surface area (Å²) >= 11 is 0. The molecule has 0 fully saturated rings. The molecule has 4 heteroatoms. The molecule has 98 valence electrons. The van der Waals surface area contributed by atoms with Crippen LogP contribution in [0.5, 0.6) is 0 Å². The molecule has 2 rings (SSSR count). The molecule has 0 spiro atoms. The van der Waals surface area contributed by atoms with Gasteiger partial charge in [0.2, 0.25) is 0 Å². The largest absolute Gasteiger partial charge is 0.394 e. The van der Waals surface area contributed by atoms with Gasteiger partial charge in [-0.05, 0) is 32.5 Å². The number of likely N-dealkylation sites (N-methyl/N-ethyl adjacent to an activating group) is 1. The minimum absolute atomic E-state index is 0.104. The molecule has 0 saturated carbocycles. The van der Waals surface area contributed by atoms with Gasteiger partial charge in [-0.25, -0.2) is 4.98 Å². The van der Waals surface area contributed by atoms with E-state index in [0.29, 0.717) is 6.54 Å². The SMILES string of the molecule is CCNC(C)(CO)Cn1c(C)nc2ccccc21. The van der Waals surface area contributed by atoms with Gasteiger partial charge in [0, 0.05) is 6.54 Å². The van der Waals surface area contributed by atoms with E-state index in [4.69, 9.17) is 0 Å². The molecule has 0 saturated heterocycles. The van der Waals surface area contributed by atoms with Crippen LogP contribution in [0.15, 0.2) is 24.3 Å². The maximum absolute atomic E-state index is 9.58. The molecule has 1 atom stereocenters. The number of benzene rings is 1. The quantitative estimate of drug-likeness (QED) is 0.845. The molecule has 0 aliphatic heterocycles. The summed E-state index contributed by atoms with van der Waals surface area (Å²) < 4.78 is 2.16. The first-order chi connectivity index (χ1) is 8.59. The van der Waals surface area contributed by atoms with Crippen LogP contribution in [0.2, 0.25) is 0 Å². The van der Waals surface area contributed by atoms with E-state index in [1.54, 1.807) is 0 Å². The summed E-state index contributed by atoms with van der Waals surface area (Å²) in [4.78, 5) is 4.55. The highest BCUT2D eigenvalue weighted by Gasteiger charge is 2.24. The lowest BCUT2D eigenvalue weighted by Crippen LogP contribution is -2.49. The zero-order chi connectivity index (χ0) is 13.2. The predicted molar refractivity (Wildman–Crippen MR) is 73.6 cm³/mol. The molecule has 2 aromatic rings. The summed E-state index contributed by atoms with van der Waals surface area (Å²) in [7, 11) is 0. The standard InChI is InChI=1S/C14H21N3O/c1-4-15-14(3,10-18)9-17-11(2)16-12-7-5-6-8-13(12)17/h5-8,15,18H,4,9-10H2,1-3H3. The molecule has 1 aromatic carbocycles. The number of hydrogen-bond donors (Lipinski definition) is 2. The summed E-state index contributed by atoms with van der Waals surface area (Å²) in [6.45, 7) is 7.74. The van der Waals surface area contributed by atoms with Crippen molar-refractivity contribution in [3.63, 3.8) is 0 Å². The normalized spacial score (nSPS) is 14.9. The van der Waals surface area contributed by atoms with Gasteiger partial charge in [0.15, 0.2) is 0 Å². The number of aliphatic hydroxyl groups excluding tert-OH is 1. The third kappa shape index (κ3) is 2.40. The van der Waals surface area contributed by atoms with Crippen molar-refractivity contribution in [3.05, 3.63) is 30.1 Å². The van der Waals surface area contributed by atoms with Crippen LogP contribution in [0, 0.1) is 6.92 Å². The number of rotatable bonds is 5. The number of para-hydroxylation sites is 2. The number of imidazole rings is 1. The summed E-state index contributed by atoms with van der Waals surface area (Å²) in [6, 6.07) is 8.10. The lowest BCUT2D eigenvalue weighted by atomic mass is 10.0. The van der Waals surface area contributed by atoms with Crippen LogP contribution in [0.1, 0.15) is 19.7 Å². The van der Waals surface area contributed by atoms with E-state index in [9.17, 15) is 5.11 Å². The lowest BCUT2D eigenvalue weighted by Gasteiger charge is -2.29. The van der Waals surface area contributed by atoms with Crippen molar-refractivity contribution in [1.29, 1.82) is 0 Å². The molecule has 2 N–H and O–H groups in total. The van der Waals surface area contributed by atoms with Gasteiger partial charge in [-0.15, -0.1) is 0 Å². The van der Waals surface area contributed by atoms with E-state index in [1.807, 2.05) is 39.0 Å². The first-order valence-electron chi connectivity index (χ1n) is 6.37. The molecule has 4 nitrogen and oxygen atoms in total. The van der Waals surface area contributed by atoms with Crippen LogP contribution in [0.3, 0.4) is 0 Å². The number of nitrogens with one attached hydrogen (secondary N) is 1. The zero-order valence-corrected chi connectivity index (χ0v) is 11.3. The van der Waals surface area contributed by atoms with Crippen LogP contribution in [0.4, 0.5) is 0 Å². The van der Waals surface area contributed by atoms with Gasteiger partial charge in [-0.3, -0.25) is 0 Å². The highest BCUT2D eigenvalue weighted by Crippen LogP contribution is 2.18. The third-order valence-electron chi connectivity index (χ3n) is 3.31. The number of aromatic nitrogens is 2. The van der Waals surface area contributed by atoms with Crippen LogP contribution in [0.25, 0.3) is 11.0 Å². The smallest absolute Gasteiger partial charge is 0.106 e. The third-order valence-corrected chi connectivity index (χ3v) is 3.31. The lowest BCUT2D eigenvalue weighted by molar-refractivity contribution is 0.160. The van der Waals surface area contributed by atoms with E-state index < -0.39 is 0 Å². The summed E-state index contributed by atoms with van der Waals surface area (Å²) in [6.07, 6.45) is 0. The summed E-state index contributed by atoms with van der Waals surface area (Å²) in [5, 5.41) is 12.9. The van der Waals surface area contributed by atoms with Crippen molar-refractivity contribution in [2.24, 2.45) is 0 Å². The highest BCUT2D eigenvalue weighted by molar-refractivity contribution is 5.75. The summed E-state index contributed by atoms with van der Waals surface area (Å²) in [5.41, 5.74) is 1.81. The second kappa shape index (κ2) is 5.08.